The van der Waals surface area contributed by atoms with Crippen LogP contribution in [0, 0.1) is 13.8 Å². The Labute approximate surface area is 153 Å². The van der Waals surface area contributed by atoms with Crippen LogP contribution in [0.2, 0.25) is 0 Å². The van der Waals surface area contributed by atoms with Gasteiger partial charge in [0.15, 0.2) is 0 Å². The smallest absolute Gasteiger partial charge is 0.0959 e. The second kappa shape index (κ2) is 7.11. The van der Waals surface area contributed by atoms with Gasteiger partial charge in [-0.05, 0) is 32.4 Å². The number of ether oxygens (including phenoxy) is 2. The van der Waals surface area contributed by atoms with E-state index in [0.29, 0.717) is 6.61 Å². The lowest BCUT2D eigenvalue weighted by Gasteiger charge is -2.53. The molecule has 0 aliphatic carbocycles. The van der Waals surface area contributed by atoms with Crippen molar-refractivity contribution in [3.8, 4) is 0 Å². The molecule has 0 bridgehead atoms. The summed E-state index contributed by atoms with van der Waals surface area (Å²) in [6, 6.07) is 6.09. The Kier molecular flexibility index (Phi) is 4.86. The summed E-state index contributed by atoms with van der Waals surface area (Å²) in [4.78, 5) is 12.7. The minimum absolute atomic E-state index is 0.0124. The van der Waals surface area contributed by atoms with Crippen molar-refractivity contribution < 1.29 is 9.47 Å². The molecule has 0 aromatic carbocycles. The van der Waals surface area contributed by atoms with Gasteiger partial charge >= 0.3 is 0 Å². The predicted octanol–water partition coefficient (Wildman–Crippen LogP) is 3.11. The fourth-order valence-corrected chi connectivity index (χ4v) is 4.61. The summed E-state index contributed by atoms with van der Waals surface area (Å²) in [5.74, 6) is 0. The Morgan fingerprint density at radius 2 is 2.24 bits per heavy atom. The van der Waals surface area contributed by atoms with E-state index in [1.165, 1.54) is 4.88 Å². The molecule has 4 heterocycles. The summed E-state index contributed by atoms with van der Waals surface area (Å²) in [7, 11) is 0. The second-order valence-electron chi connectivity index (χ2n) is 7.23. The molecule has 2 saturated heterocycles. The van der Waals surface area contributed by atoms with E-state index in [0.717, 1.165) is 56.2 Å². The van der Waals surface area contributed by atoms with Gasteiger partial charge in [0, 0.05) is 43.2 Å². The van der Waals surface area contributed by atoms with Crippen LogP contribution < -0.4 is 0 Å². The largest absolute Gasteiger partial charge is 0.372 e. The van der Waals surface area contributed by atoms with Crippen LogP contribution in [0.4, 0.5) is 0 Å². The van der Waals surface area contributed by atoms with Crippen molar-refractivity contribution in [2.24, 2.45) is 0 Å². The highest BCUT2D eigenvalue weighted by molar-refractivity contribution is 7.09. The van der Waals surface area contributed by atoms with E-state index in [1.807, 2.05) is 30.6 Å². The number of aryl methyl sites for hydroxylation is 2. The molecule has 2 aromatic rings. The number of nitrogens with zero attached hydrogens (tertiary/aromatic N) is 3. The van der Waals surface area contributed by atoms with E-state index >= 15 is 0 Å². The molecule has 4 rings (SSSR count). The zero-order chi connectivity index (χ0) is 17.3. The van der Waals surface area contributed by atoms with Crippen molar-refractivity contribution in [2.45, 2.75) is 51.5 Å². The Morgan fingerprint density at radius 1 is 1.36 bits per heavy atom. The lowest BCUT2D eigenvalue weighted by Crippen LogP contribution is -2.65. The van der Waals surface area contributed by atoms with E-state index < -0.39 is 0 Å². The molecule has 5 nitrogen and oxygen atoms in total. The second-order valence-corrected chi connectivity index (χ2v) is 8.17. The van der Waals surface area contributed by atoms with Gasteiger partial charge in [-0.15, -0.1) is 11.3 Å². The molecule has 0 unspecified atom stereocenters. The first-order chi connectivity index (χ1) is 12.1. The number of hydrogen-bond acceptors (Lipinski definition) is 6. The first kappa shape index (κ1) is 17.1. The SMILES string of the molecule is Cc1cccc(CO[C@H]2CCOC3(C2)CN(Cc2scnc2C)C3)n1. The maximum Gasteiger partial charge on any atom is 0.0959 e. The number of aromatic nitrogens is 2. The topological polar surface area (TPSA) is 47.5 Å². The number of likely N-dealkylation sites (tertiary alicyclic amines) is 1. The third-order valence-electron chi connectivity index (χ3n) is 5.10. The molecule has 0 saturated carbocycles. The van der Waals surface area contributed by atoms with Crippen LogP contribution in [0.25, 0.3) is 0 Å². The van der Waals surface area contributed by atoms with Crippen molar-refractivity contribution in [3.05, 3.63) is 45.7 Å². The first-order valence-corrected chi connectivity index (χ1v) is 9.79. The lowest BCUT2D eigenvalue weighted by atomic mass is 9.84. The van der Waals surface area contributed by atoms with Crippen LogP contribution in [0.5, 0.6) is 0 Å². The van der Waals surface area contributed by atoms with Gasteiger partial charge in [-0.2, -0.15) is 0 Å². The predicted molar refractivity (Wildman–Crippen MR) is 97.6 cm³/mol. The zero-order valence-electron chi connectivity index (χ0n) is 14.9. The molecule has 2 fully saturated rings. The molecule has 6 heteroatoms. The molecule has 2 aliphatic rings. The van der Waals surface area contributed by atoms with E-state index in [4.69, 9.17) is 9.47 Å². The molecule has 25 heavy (non-hydrogen) atoms. The maximum absolute atomic E-state index is 6.15. The normalized spacial score (nSPS) is 22.9. The summed E-state index contributed by atoms with van der Waals surface area (Å²) >= 11 is 1.74. The monoisotopic (exact) mass is 359 g/mol. The summed E-state index contributed by atoms with van der Waals surface area (Å²) in [6.45, 7) is 8.45. The van der Waals surface area contributed by atoms with Crippen LogP contribution in [0.15, 0.2) is 23.7 Å². The first-order valence-electron chi connectivity index (χ1n) is 8.91. The highest BCUT2D eigenvalue weighted by atomic mass is 32.1. The molecule has 1 spiro atoms. The van der Waals surface area contributed by atoms with E-state index in [2.05, 4.69) is 21.8 Å². The maximum atomic E-state index is 6.15. The molecule has 134 valence electrons. The van der Waals surface area contributed by atoms with Gasteiger partial charge in [-0.1, -0.05) is 6.07 Å². The Bertz CT molecular complexity index is 727. The minimum Gasteiger partial charge on any atom is -0.372 e. The molecule has 0 N–H and O–H groups in total. The van der Waals surface area contributed by atoms with Crippen molar-refractivity contribution in [1.82, 2.24) is 14.9 Å². The summed E-state index contributed by atoms with van der Waals surface area (Å²) < 4.78 is 12.3. The number of hydrogen-bond donors (Lipinski definition) is 0. The quantitative estimate of drug-likeness (QED) is 0.821. The van der Waals surface area contributed by atoms with Gasteiger partial charge < -0.3 is 9.47 Å². The molecule has 2 aliphatic heterocycles. The van der Waals surface area contributed by atoms with Gasteiger partial charge in [0.25, 0.3) is 0 Å². The third kappa shape index (κ3) is 3.92. The average molecular weight is 359 g/mol. The van der Waals surface area contributed by atoms with Crippen molar-refractivity contribution in [1.29, 1.82) is 0 Å². The average Bonchev–Trinajstić information content (AvgIpc) is 2.97. The minimum atomic E-state index is -0.0124. The Morgan fingerprint density at radius 3 is 3.00 bits per heavy atom. The fourth-order valence-electron chi connectivity index (χ4n) is 3.79. The molecular weight excluding hydrogens is 334 g/mol. The Balaban J connectivity index is 1.28. The fraction of sp³-hybridized carbons (Fsp3) is 0.579. The van der Waals surface area contributed by atoms with Gasteiger partial charge in [0.2, 0.25) is 0 Å². The van der Waals surface area contributed by atoms with Gasteiger partial charge in [0.05, 0.1) is 35.2 Å². The number of rotatable bonds is 5. The molecule has 1 atom stereocenters. The molecule has 0 amide bonds. The molecule has 0 radical (unpaired) electrons. The summed E-state index contributed by atoms with van der Waals surface area (Å²) in [6.07, 6.45) is 2.22. The Hall–Kier alpha value is -1.34. The van der Waals surface area contributed by atoms with Gasteiger partial charge in [-0.3, -0.25) is 9.88 Å². The van der Waals surface area contributed by atoms with Crippen molar-refractivity contribution in [2.75, 3.05) is 19.7 Å². The van der Waals surface area contributed by atoms with Gasteiger partial charge in [0.1, 0.15) is 0 Å². The van der Waals surface area contributed by atoms with Crippen molar-refractivity contribution in [3.63, 3.8) is 0 Å². The molecular formula is C19H25N3O2S. The van der Waals surface area contributed by atoms with E-state index in [1.54, 1.807) is 11.3 Å². The lowest BCUT2D eigenvalue weighted by molar-refractivity contribution is -0.200. The van der Waals surface area contributed by atoms with Crippen LogP contribution in [-0.4, -0.2) is 46.3 Å². The highest BCUT2D eigenvalue weighted by Crippen LogP contribution is 2.36. The van der Waals surface area contributed by atoms with Crippen LogP contribution in [0.1, 0.15) is 34.8 Å². The number of pyridine rings is 1. The zero-order valence-corrected chi connectivity index (χ0v) is 15.7. The van der Waals surface area contributed by atoms with Gasteiger partial charge in [-0.25, -0.2) is 4.98 Å². The standard InChI is InChI=1S/C19H25N3O2S/c1-14-4-3-5-16(21-14)10-23-17-6-7-24-19(8-17)11-22(12-19)9-18-15(2)20-13-25-18/h3-5,13,17H,6-12H2,1-2H3/t17-/m0/s1. The third-order valence-corrected chi connectivity index (χ3v) is 6.02. The van der Waals surface area contributed by atoms with Crippen molar-refractivity contribution >= 4 is 11.3 Å². The highest BCUT2D eigenvalue weighted by Gasteiger charge is 2.47. The van der Waals surface area contributed by atoms with E-state index in [9.17, 15) is 0 Å². The van der Waals surface area contributed by atoms with Crippen LogP contribution in [-0.2, 0) is 22.6 Å². The van der Waals surface area contributed by atoms with E-state index in [-0.39, 0.29) is 11.7 Å². The summed E-state index contributed by atoms with van der Waals surface area (Å²) in [5, 5.41) is 0. The molecule has 2 aromatic heterocycles. The number of thiazole rings is 1. The van der Waals surface area contributed by atoms with Crippen LogP contribution in [0.3, 0.4) is 0 Å². The van der Waals surface area contributed by atoms with Crippen LogP contribution >= 0.6 is 11.3 Å². The summed E-state index contributed by atoms with van der Waals surface area (Å²) in [5.41, 5.74) is 5.12.